The van der Waals surface area contributed by atoms with E-state index in [1.54, 1.807) is 7.11 Å². The fourth-order valence-electron chi connectivity index (χ4n) is 2.92. The van der Waals surface area contributed by atoms with Crippen molar-refractivity contribution < 1.29 is 9.53 Å². The van der Waals surface area contributed by atoms with E-state index in [4.69, 9.17) is 9.72 Å². The second kappa shape index (κ2) is 9.18. The monoisotopic (exact) mass is 374 g/mol. The van der Waals surface area contributed by atoms with Crippen LogP contribution in [-0.2, 0) is 4.79 Å². The van der Waals surface area contributed by atoms with Crippen LogP contribution < -0.4 is 10.1 Å². The molecule has 4 heteroatoms. The van der Waals surface area contributed by atoms with Crippen molar-refractivity contribution >= 4 is 11.6 Å². The van der Waals surface area contributed by atoms with Crippen LogP contribution in [-0.4, -0.2) is 18.0 Å². The molecule has 1 N–H and O–H groups in total. The van der Waals surface area contributed by atoms with Gasteiger partial charge in [-0.25, -0.2) is 4.98 Å². The maximum atomic E-state index is 12.1. The molecule has 144 valence electrons. The molecule has 2 aromatic carbocycles. The highest BCUT2D eigenvalue weighted by Crippen LogP contribution is 2.26. The zero-order chi connectivity index (χ0) is 19.9. The first-order valence-corrected chi connectivity index (χ1v) is 9.57. The zero-order valence-electron chi connectivity index (χ0n) is 16.6. The number of anilines is 1. The van der Waals surface area contributed by atoms with Gasteiger partial charge < -0.3 is 10.1 Å². The highest BCUT2D eigenvalue weighted by Gasteiger charge is 2.07. The van der Waals surface area contributed by atoms with Gasteiger partial charge >= 0.3 is 0 Å². The molecule has 0 atom stereocenters. The van der Waals surface area contributed by atoms with E-state index in [1.807, 2.05) is 66.7 Å². The normalized spacial score (nSPS) is 10.7. The van der Waals surface area contributed by atoms with Crippen LogP contribution >= 0.6 is 0 Å². The fraction of sp³-hybridized carbons (Fsp3) is 0.250. The average molecular weight is 374 g/mol. The quantitative estimate of drug-likeness (QED) is 0.569. The second-order valence-electron chi connectivity index (χ2n) is 7.20. The van der Waals surface area contributed by atoms with Gasteiger partial charge in [-0.05, 0) is 60.9 Å². The molecule has 0 radical (unpaired) electrons. The number of benzene rings is 2. The molecular formula is C24H26N2O2. The maximum Gasteiger partial charge on any atom is 0.224 e. The standard InChI is InChI=1S/C24H26N2O2/c1-17(2)10-15-24(27)25-20-7-4-6-19(16-20)23-9-5-8-22(26-23)18-11-13-21(28-3)14-12-18/h4-9,11-14,16-17H,10,15H2,1-3H3,(H,25,27). The van der Waals surface area contributed by atoms with Crippen LogP contribution in [0.15, 0.2) is 66.7 Å². The van der Waals surface area contributed by atoms with E-state index in [-0.39, 0.29) is 5.91 Å². The highest BCUT2D eigenvalue weighted by atomic mass is 16.5. The smallest absolute Gasteiger partial charge is 0.224 e. The summed E-state index contributed by atoms with van der Waals surface area (Å²) in [6, 6.07) is 21.6. The number of methoxy groups -OCH3 is 1. The summed E-state index contributed by atoms with van der Waals surface area (Å²) in [6.07, 6.45) is 1.42. The van der Waals surface area contributed by atoms with Crippen molar-refractivity contribution in [1.29, 1.82) is 0 Å². The molecule has 1 amide bonds. The molecule has 0 spiro atoms. The molecule has 3 aromatic rings. The van der Waals surface area contributed by atoms with Crippen LogP contribution in [0.3, 0.4) is 0 Å². The Bertz CT molecular complexity index is 933. The number of nitrogens with zero attached hydrogens (tertiary/aromatic N) is 1. The first-order valence-electron chi connectivity index (χ1n) is 9.57. The third-order valence-corrected chi connectivity index (χ3v) is 4.53. The van der Waals surface area contributed by atoms with E-state index in [9.17, 15) is 4.79 Å². The highest BCUT2D eigenvalue weighted by molar-refractivity contribution is 5.91. The number of carbonyl (C=O) groups is 1. The van der Waals surface area contributed by atoms with Gasteiger partial charge in [0.2, 0.25) is 5.91 Å². The van der Waals surface area contributed by atoms with Gasteiger partial charge in [0.1, 0.15) is 5.75 Å². The van der Waals surface area contributed by atoms with Crippen LogP contribution in [0.1, 0.15) is 26.7 Å². The van der Waals surface area contributed by atoms with Gasteiger partial charge in [0.25, 0.3) is 0 Å². The number of carbonyl (C=O) groups excluding carboxylic acids is 1. The molecule has 4 nitrogen and oxygen atoms in total. The molecular weight excluding hydrogens is 348 g/mol. The third kappa shape index (κ3) is 5.19. The van der Waals surface area contributed by atoms with Crippen LogP contribution in [0.2, 0.25) is 0 Å². The Hall–Kier alpha value is -3.14. The first kappa shape index (κ1) is 19.6. The number of ether oxygens (including phenoxy) is 1. The zero-order valence-corrected chi connectivity index (χ0v) is 16.6. The lowest BCUT2D eigenvalue weighted by atomic mass is 10.1. The molecule has 1 heterocycles. The van der Waals surface area contributed by atoms with Crippen LogP contribution in [0.25, 0.3) is 22.5 Å². The molecule has 1 aromatic heterocycles. The van der Waals surface area contributed by atoms with Gasteiger partial charge in [-0.1, -0.05) is 32.0 Å². The lowest BCUT2D eigenvalue weighted by Crippen LogP contribution is -2.12. The SMILES string of the molecule is COc1ccc(-c2cccc(-c3cccc(NC(=O)CCC(C)C)c3)n2)cc1. The van der Waals surface area contributed by atoms with Crippen LogP contribution in [0.5, 0.6) is 5.75 Å². The lowest BCUT2D eigenvalue weighted by molar-refractivity contribution is -0.116. The van der Waals surface area contributed by atoms with Crippen molar-refractivity contribution in [2.45, 2.75) is 26.7 Å². The molecule has 0 saturated carbocycles. The number of amides is 1. The van der Waals surface area contributed by atoms with E-state index in [2.05, 4.69) is 19.2 Å². The predicted octanol–water partition coefficient (Wildman–Crippen LogP) is 5.80. The fourth-order valence-corrected chi connectivity index (χ4v) is 2.92. The van der Waals surface area contributed by atoms with Crippen molar-refractivity contribution in [2.24, 2.45) is 5.92 Å². The summed E-state index contributed by atoms with van der Waals surface area (Å²) in [4.78, 5) is 16.9. The van der Waals surface area contributed by atoms with E-state index in [0.717, 1.165) is 40.4 Å². The lowest BCUT2D eigenvalue weighted by Gasteiger charge is -2.09. The van der Waals surface area contributed by atoms with Crippen molar-refractivity contribution in [3.05, 3.63) is 66.7 Å². The number of hydrogen-bond acceptors (Lipinski definition) is 3. The summed E-state index contributed by atoms with van der Waals surface area (Å²) < 4.78 is 5.22. The van der Waals surface area contributed by atoms with Crippen molar-refractivity contribution in [3.8, 4) is 28.3 Å². The van der Waals surface area contributed by atoms with Gasteiger partial charge in [0, 0.05) is 23.2 Å². The van der Waals surface area contributed by atoms with E-state index >= 15 is 0 Å². The summed E-state index contributed by atoms with van der Waals surface area (Å²) >= 11 is 0. The van der Waals surface area contributed by atoms with Crippen molar-refractivity contribution in [1.82, 2.24) is 4.98 Å². The molecule has 3 rings (SSSR count). The third-order valence-electron chi connectivity index (χ3n) is 4.53. The van der Waals surface area contributed by atoms with E-state index in [0.29, 0.717) is 12.3 Å². The van der Waals surface area contributed by atoms with Crippen LogP contribution in [0, 0.1) is 5.92 Å². The van der Waals surface area contributed by atoms with Gasteiger partial charge in [0.15, 0.2) is 0 Å². The summed E-state index contributed by atoms with van der Waals surface area (Å²) in [6.45, 7) is 4.24. The summed E-state index contributed by atoms with van der Waals surface area (Å²) in [7, 11) is 1.66. The second-order valence-corrected chi connectivity index (χ2v) is 7.20. The number of pyridine rings is 1. The molecule has 0 aliphatic heterocycles. The minimum absolute atomic E-state index is 0.0470. The Labute approximate surface area is 166 Å². The van der Waals surface area contributed by atoms with Gasteiger partial charge in [0.05, 0.1) is 18.5 Å². The Morgan fingerprint density at radius 2 is 1.64 bits per heavy atom. The molecule has 0 aliphatic carbocycles. The number of aromatic nitrogens is 1. The minimum atomic E-state index is 0.0470. The molecule has 0 unspecified atom stereocenters. The average Bonchev–Trinajstić information content (AvgIpc) is 2.72. The van der Waals surface area contributed by atoms with Gasteiger partial charge in [-0.15, -0.1) is 0 Å². The Morgan fingerprint density at radius 3 is 2.32 bits per heavy atom. The van der Waals surface area contributed by atoms with E-state index in [1.165, 1.54) is 0 Å². The minimum Gasteiger partial charge on any atom is -0.497 e. The van der Waals surface area contributed by atoms with E-state index < -0.39 is 0 Å². The van der Waals surface area contributed by atoms with Crippen LogP contribution in [0.4, 0.5) is 5.69 Å². The summed E-state index contributed by atoms with van der Waals surface area (Å²) in [5.74, 6) is 1.38. The van der Waals surface area contributed by atoms with Crippen molar-refractivity contribution in [2.75, 3.05) is 12.4 Å². The predicted molar refractivity (Wildman–Crippen MR) is 114 cm³/mol. The molecule has 28 heavy (non-hydrogen) atoms. The Kier molecular flexibility index (Phi) is 6.43. The first-order chi connectivity index (χ1) is 13.5. The van der Waals surface area contributed by atoms with Gasteiger partial charge in [-0.2, -0.15) is 0 Å². The maximum absolute atomic E-state index is 12.1. The molecule has 0 fully saturated rings. The summed E-state index contributed by atoms with van der Waals surface area (Å²) in [5.41, 5.74) is 4.55. The van der Waals surface area contributed by atoms with Gasteiger partial charge in [-0.3, -0.25) is 4.79 Å². The summed E-state index contributed by atoms with van der Waals surface area (Å²) in [5, 5.41) is 2.99. The Balaban J connectivity index is 1.79. The molecule has 0 saturated heterocycles. The Morgan fingerprint density at radius 1 is 0.964 bits per heavy atom. The number of nitrogens with one attached hydrogen (secondary N) is 1. The molecule has 0 aliphatic rings. The topological polar surface area (TPSA) is 51.2 Å². The van der Waals surface area contributed by atoms with Crippen molar-refractivity contribution in [3.63, 3.8) is 0 Å². The number of hydrogen-bond donors (Lipinski definition) is 1. The largest absolute Gasteiger partial charge is 0.497 e. The number of rotatable bonds is 7. The molecule has 0 bridgehead atoms.